The van der Waals surface area contributed by atoms with Gasteiger partial charge in [0.1, 0.15) is 0 Å². The van der Waals surface area contributed by atoms with Crippen molar-refractivity contribution >= 4 is 11.8 Å². The minimum atomic E-state index is 0.00728. The summed E-state index contributed by atoms with van der Waals surface area (Å²) in [6.07, 6.45) is 0.602. The molecule has 0 radical (unpaired) electrons. The summed E-state index contributed by atoms with van der Waals surface area (Å²) in [5.41, 5.74) is 0. The highest BCUT2D eigenvalue weighted by Gasteiger charge is 2.26. The molecular weight excluding hydrogens is 254 g/mol. The molecule has 116 valence electrons. The summed E-state index contributed by atoms with van der Waals surface area (Å²) in [6, 6.07) is 0. The van der Waals surface area contributed by atoms with Crippen LogP contribution in [0.25, 0.3) is 0 Å². The zero-order chi connectivity index (χ0) is 15.1. The molecule has 0 aromatic rings. The van der Waals surface area contributed by atoms with Crippen molar-refractivity contribution in [3.8, 4) is 0 Å². The Hall–Kier alpha value is -1.10. The highest BCUT2D eigenvalue weighted by Crippen LogP contribution is 2.10. The summed E-state index contributed by atoms with van der Waals surface area (Å²) in [5.74, 6) is 0.810. The highest BCUT2D eigenvalue weighted by atomic mass is 16.2. The van der Waals surface area contributed by atoms with Crippen LogP contribution in [0.1, 0.15) is 34.1 Å². The van der Waals surface area contributed by atoms with Crippen LogP contribution in [0.15, 0.2) is 0 Å². The molecule has 0 aliphatic carbocycles. The average molecular weight is 283 g/mol. The van der Waals surface area contributed by atoms with Gasteiger partial charge in [0.25, 0.3) is 0 Å². The predicted octanol–water partition coefficient (Wildman–Crippen LogP) is 0.949. The Bertz CT molecular complexity index is 323. The number of nitrogens with zero attached hydrogens (tertiary/aromatic N) is 2. The molecule has 2 amide bonds. The molecule has 0 saturated carbocycles. The first-order chi connectivity index (χ1) is 9.45. The molecule has 1 saturated heterocycles. The van der Waals surface area contributed by atoms with Crippen LogP contribution in [0, 0.1) is 11.8 Å². The summed E-state index contributed by atoms with van der Waals surface area (Å²) < 4.78 is 0. The SMILES string of the molecule is CCNCC(C)C(=O)N1CCN(C(=O)CC(C)C)CC1. The smallest absolute Gasteiger partial charge is 0.226 e. The summed E-state index contributed by atoms with van der Waals surface area (Å²) in [7, 11) is 0. The molecule has 1 aliphatic rings. The molecule has 5 nitrogen and oxygen atoms in total. The van der Waals surface area contributed by atoms with Gasteiger partial charge in [-0.3, -0.25) is 9.59 Å². The first-order valence-corrected chi connectivity index (χ1v) is 7.73. The molecule has 5 heteroatoms. The van der Waals surface area contributed by atoms with Gasteiger partial charge in [-0.2, -0.15) is 0 Å². The van der Waals surface area contributed by atoms with Gasteiger partial charge in [-0.15, -0.1) is 0 Å². The third-order valence-electron chi connectivity index (χ3n) is 3.65. The maximum atomic E-state index is 12.2. The molecule has 0 aromatic carbocycles. The first-order valence-electron chi connectivity index (χ1n) is 7.73. The summed E-state index contributed by atoms with van der Waals surface area (Å²) >= 11 is 0. The number of hydrogen-bond acceptors (Lipinski definition) is 3. The number of nitrogens with one attached hydrogen (secondary N) is 1. The van der Waals surface area contributed by atoms with E-state index in [9.17, 15) is 9.59 Å². The molecule has 1 aliphatic heterocycles. The van der Waals surface area contributed by atoms with Crippen LogP contribution < -0.4 is 5.32 Å². The van der Waals surface area contributed by atoms with Crippen LogP contribution >= 0.6 is 0 Å². The normalized spacial score (nSPS) is 17.4. The molecule has 1 heterocycles. The Labute approximate surface area is 122 Å². The highest BCUT2D eigenvalue weighted by molar-refractivity contribution is 5.80. The number of carbonyl (C=O) groups is 2. The van der Waals surface area contributed by atoms with E-state index >= 15 is 0 Å². The lowest BCUT2D eigenvalue weighted by atomic mass is 10.1. The van der Waals surface area contributed by atoms with Gasteiger partial charge in [-0.25, -0.2) is 0 Å². The van der Waals surface area contributed by atoms with Gasteiger partial charge in [0.15, 0.2) is 0 Å². The number of hydrogen-bond donors (Lipinski definition) is 1. The zero-order valence-corrected chi connectivity index (χ0v) is 13.3. The molecule has 1 N–H and O–H groups in total. The zero-order valence-electron chi connectivity index (χ0n) is 13.3. The van der Waals surface area contributed by atoms with Crippen molar-refractivity contribution in [3.63, 3.8) is 0 Å². The quantitative estimate of drug-likeness (QED) is 0.789. The van der Waals surface area contributed by atoms with E-state index in [-0.39, 0.29) is 17.7 Å². The fraction of sp³-hybridized carbons (Fsp3) is 0.867. The largest absolute Gasteiger partial charge is 0.339 e. The van der Waals surface area contributed by atoms with Gasteiger partial charge in [-0.05, 0) is 12.5 Å². The molecule has 0 spiro atoms. The number of amides is 2. The fourth-order valence-corrected chi connectivity index (χ4v) is 2.41. The summed E-state index contributed by atoms with van der Waals surface area (Å²) in [4.78, 5) is 28.0. The monoisotopic (exact) mass is 283 g/mol. The second-order valence-corrected chi connectivity index (χ2v) is 6.01. The van der Waals surface area contributed by atoms with E-state index in [2.05, 4.69) is 19.2 Å². The lowest BCUT2D eigenvalue weighted by Gasteiger charge is -2.36. The van der Waals surface area contributed by atoms with Crippen LogP contribution in [-0.2, 0) is 9.59 Å². The van der Waals surface area contributed by atoms with Crippen LogP contribution in [0.4, 0.5) is 0 Å². The summed E-state index contributed by atoms with van der Waals surface area (Å²) in [5, 5.41) is 3.20. The topological polar surface area (TPSA) is 52.7 Å². The van der Waals surface area contributed by atoms with Crippen molar-refractivity contribution in [1.82, 2.24) is 15.1 Å². The standard InChI is InChI=1S/C15H29N3O2/c1-5-16-11-13(4)15(20)18-8-6-17(7-9-18)14(19)10-12(2)3/h12-13,16H,5-11H2,1-4H3. The molecule has 0 aromatic heterocycles. The van der Waals surface area contributed by atoms with Crippen molar-refractivity contribution in [2.75, 3.05) is 39.3 Å². The van der Waals surface area contributed by atoms with E-state index < -0.39 is 0 Å². The third-order valence-corrected chi connectivity index (χ3v) is 3.65. The maximum absolute atomic E-state index is 12.2. The van der Waals surface area contributed by atoms with Crippen LogP contribution in [0.3, 0.4) is 0 Å². The average Bonchev–Trinajstić information content (AvgIpc) is 2.43. The van der Waals surface area contributed by atoms with Gasteiger partial charge < -0.3 is 15.1 Å². The third kappa shape index (κ3) is 5.12. The molecular formula is C15H29N3O2. The van der Waals surface area contributed by atoms with Crippen molar-refractivity contribution in [2.45, 2.75) is 34.1 Å². The first kappa shape index (κ1) is 17.0. The molecule has 1 rings (SSSR count). The Morgan fingerprint density at radius 3 is 2.10 bits per heavy atom. The second-order valence-electron chi connectivity index (χ2n) is 6.01. The Morgan fingerprint density at radius 2 is 1.60 bits per heavy atom. The van der Waals surface area contributed by atoms with E-state index in [1.165, 1.54) is 0 Å². The van der Waals surface area contributed by atoms with E-state index in [1.807, 2.05) is 23.6 Å². The maximum Gasteiger partial charge on any atom is 0.226 e. The van der Waals surface area contributed by atoms with E-state index in [0.717, 1.165) is 13.1 Å². The Kier molecular flexibility index (Phi) is 6.99. The van der Waals surface area contributed by atoms with Gasteiger partial charge in [-0.1, -0.05) is 27.7 Å². The number of carbonyl (C=O) groups excluding carboxylic acids is 2. The van der Waals surface area contributed by atoms with Crippen LogP contribution in [0.5, 0.6) is 0 Å². The second kappa shape index (κ2) is 8.25. The molecule has 1 atom stereocenters. The minimum absolute atomic E-state index is 0.00728. The van der Waals surface area contributed by atoms with Gasteiger partial charge in [0.05, 0.1) is 0 Å². The van der Waals surface area contributed by atoms with Gasteiger partial charge in [0, 0.05) is 45.1 Å². The van der Waals surface area contributed by atoms with E-state index in [1.54, 1.807) is 0 Å². The van der Waals surface area contributed by atoms with Crippen molar-refractivity contribution in [2.24, 2.45) is 11.8 Å². The van der Waals surface area contributed by atoms with Crippen molar-refractivity contribution in [3.05, 3.63) is 0 Å². The van der Waals surface area contributed by atoms with E-state index in [0.29, 0.717) is 38.5 Å². The van der Waals surface area contributed by atoms with Gasteiger partial charge in [0.2, 0.25) is 11.8 Å². The fourth-order valence-electron chi connectivity index (χ4n) is 2.41. The molecule has 20 heavy (non-hydrogen) atoms. The molecule has 1 unspecified atom stereocenters. The lowest BCUT2D eigenvalue weighted by molar-refractivity contribution is -0.142. The number of piperazine rings is 1. The number of rotatable bonds is 6. The lowest BCUT2D eigenvalue weighted by Crippen LogP contribution is -2.52. The molecule has 0 bridgehead atoms. The molecule has 1 fully saturated rings. The summed E-state index contributed by atoms with van der Waals surface area (Å²) in [6.45, 7) is 12.4. The Morgan fingerprint density at radius 1 is 1.05 bits per heavy atom. The van der Waals surface area contributed by atoms with Crippen LogP contribution in [0.2, 0.25) is 0 Å². The Balaban J connectivity index is 2.38. The van der Waals surface area contributed by atoms with Crippen molar-refractivity contribution < 1.29 is 9.59 Å². The minimum Gasteiger partial charge on any atom is -0.339 e. The van der Waals surface area contributed by atoms with Crippen LogP contribution in [-0.4, -0.2) is 60.9 Å². The van der Waals surface area contributed by atoms with E-state index in [4.69, 9.17) is 0 Å². The predicted molar refractivity (Wildman–Crippen MR) is 80.3 cm³/mol. The van der Waals surface area contributed by atoms with Crippen molar-refractivity contribution in [1.29, 1.82) is 0 Å². The van der Waals surface area contributed by atoms with Gasteiger partial charge >= 0.3 is 0 Å².